The van der Waals surface area contributed by atoms with Crippen LogP contribution >= 0.6 is 23.2 Å². The Bertz CT molecular complexity index is 350. The van der Waals surface area contributed by atoms with E-state index in [4.69, 9.17) is 23.2 Å². The number of ketones is 1. The van der Waals surface area contributed by atoms with Crippen molar-refractivity contribution >= 4 is 29.0 Å². The van der Waals surface area contributed by atoms with Gasteiger partial charge in [0.05, 0.1) is 5.02 Å². The van der Waals surface area contributed by atoms with E-state index in [-0.39, 0.29) is 17.2 Å². The van der Waals surface area contributed by atoms with Crippen LogP contribution in [0.5, 0.6) is 0 Å². The molecule has 70 valence electrons. The van der Waals surface area contributed by atoms with E-state index in [9.17, 15) is 9.18 Å². The predicted molar refractivity (Wildman–Crippen MR) is 50.8 cm³/mol. The van der Waals surface area contributed by atoms with Crippen molar-refractivity contribution in [2.75, 3.05) is 0 Å². The lowest BCUT2D eigenvalue weighted by atomic mass is 10.1. The van der Waals surface area contributed by atoms with Gasteiger partial charge in [-0.2, -0.15) is 0 Å². The first-order valence-corrected chi connectivity index (χ1v) is 4.39. The number of Topliss-reactive ketones (excluding diaryl/α,β-unsaturated/α-hetero) is 1. The molecule has 0 aliphatic rings. The molecule has 1 aromatic rings. The van der Waals surface area contributed by atoms with Gasteiger partial charge in [0.1, 0.15) is 11.6 Å². The molecule has 0 heterocycles. The maximum absolute atomic E-state index is 12.9. The first kappa shape index (κ1) is 10.5. The second-order valence-corrected chi connectivity index (χ2v) is 3.55. The highest BCUT2D eigenvalue weighted by Crippen LogP contribution is 2.24. The number of benzene rings is 1. The maximum atomic E-state index is 12.9. The topological polar surface area (TPSA) is 17.1 Å². The quantitative estimate of drug-likeness (QED) is 0.700. The van der Waals surface area contributed by atoms with Crippen LogP contribution in [0.25, 0.3) is 0 Å². The summed E-state index contributed by atoms with van der Waals surface area (Å²) in [6.45, 7) is 1.42. The van der Waals surface area contributed by atoms with E-state index in [1.54, 1.807) is 0 Å². The third-order valence-electron chi connectivity index (χ3n) is 1.53. The number of carbonyl (C=O) groups is 1. The summed E-state index contributed by atoms with van der Waals surface area (Å²) in [5.41, 5.74) is 0.469. The van der Waals surface area contributed by atoms with E-state index in [1.807, 2.05) is 0 Å². The molecule has 0 saturated heterocycles. The molecule has 0 aliphatic heterocycles. The molecule has 1 rings (SSSR count). The highest BCUT2D eigenvalue weighted by Gasteiger charge is 2.08. The second kappa shape index (κ2) is 4.07. The molecule has 0 aromatic heterocycles. The zero-order valence-corrected chi connectivity index (χ0v) is 8.42. The van der Waals surface area contributed by atoms with Gasteiger partial charge in [-0.25, -0.2) is 4.39 Å². The van der Waals surface area contributed by atoms with Gasteiger partial charge in [-0.15, -0.1) is 0 Å². The summed E-state index contributed by atoms with van der Waals surface area (Å²) in [5.74, 6) is -0.620. The molecule has 0 radical (unpaired) electrons. The second-order valence-electron chi connectivity index (χ2n) is 2.74. The molecular formula is C9H7Cl2FO. The van der Waals surface area contributed by atoms with Gasteiger partial charge < -0.3 is 0 Å². The standard InChI is InChI=1S/C9H7Cl2FO/c1-5(13)2-6-3-9(12)8(11)4-7(6)10/h3-4H,2H2,1H3. The van der Waals surface area contributed by atoms with Crippen molar-refractivity contribution in [1.82, 2.24) is 0 Å². The number of hydrogen-bond acceptors (Lipinski definition) is 1. The zero-order valence-electron chi connectivity index (χ0n) is 6.90. The van der Waals surface area contributed by atoms with E-state index < -0.39 is 5.82 Å². The van der Waals surface area contributed by atoms with Gasteiger partial charge in [0, 0.05) is 11.4 Å². The average molecular weight is 221 g/mol. The Labute approximate surface area is 85.5 Å². The molecule has 0 aliphatic carbocycles. The van der Waals surface area contributed by atoms with Crippen LogP contribution in [0, 0.1) is 5.82 Å². The van der Waals surface area contributed by atoms with Crippen molar-refractivity contribution in [3.8, 4) is 0 Å². The molecule has 0 atom stereocenters. The summed E-state index contributed by atoms with van der Waals surface area (Å²) in [4.78, 5) is 10.7. The van der Waals surface area contributed by atoms with Gasteiger partial charge >= 0.3 is 0 Å². The molecule has 0 unspecified atom stereocenters. The molecule has 0 bridgehead atoms. The van der Waals surface area contributed by atoms with Crippen molar-refractivity contribution in [1.29, 1.82) is 0 Å². The molecule has 0 saturated carbocycles. The van der Waals surface area contributed by atoms with Crippen LogP contribution in [0.4, 0.5) is 4.39 Å². The van der Waals surface area contributed by atoms with Crippen LogP contribution in [-0.2, 0) is 11.2 Å². The highest BCUT2D eigenvalue weighted by atomic mass is 35.5. The largest absolute Gasteiger partial charge is 0.300 e. The van der Waals surface area contributed by atoms with Gasteiger partial charge in [0.2, 0.25) is 0 Å². The Kier molecular flexibility index (Phi) is 3.28. The van der Waals surface area contributed by atoms with E-state index >= 15 is 0 Å². The first-order valence-electron chi connectivity index (χ1n) is 3.63. The molecule has 0 N–H and O–H groups in total. The van der Waals surface area contributed by atoms with Crippen LogP contribution in [0.2, 0.25) is 10.0 Å². The fourth-order valence-electron chi connectivity index (χ4n) is 0.967. The summed E-state index contributed by atoms with van der Waals surface area (Å²) >= 11 is 11.2. The minimum Gasteiger partial charge on any atom is -0.300 e. The summed E-state index contributed by atoms with van der Waals surface area (Å²) in [5, 5.41) is 0.291. The van der Waals surface area contributed by atoms with Crippen molar-refractivity contribution < 1.29 is 9.18 Å². The molecule has 0 fully saturated rings. The third-order valence-corrected chi connectivity index (χ3v) is 2.17. The summed E-state index contributed by atoms with van der Waals surface area (Å²) < 4.78 is 12.9. The Hall–Kier alpha value is -0.600. The smallest absolute Gasteiger partial charge is 0.142 e. The fraction of sp³-hybridized carbons (Fsp3) is 0.222. The van der Waals surface area contributed by atoms with Gasteiger partial charge in [-0.1, -0.05) is 23.2 Å². The van der Waals surface area contributed by atoms with Crippen LogP contribution in [-0.4, -0.2) is 5.78 Å². The Morgan fingerprint density at radius 3 is 2.54 bits per heavy atom. The van der Waals surface area contributed by atoms with Crippen molar-refractivity contribution in [3.63, 3.8) is 0 Å². The van der Waals surface area contributed by atoms with E-state index in [2.05, 4.69) is 0 Å². The van der Waals surface area contributed by atoms with Crippen LogP contribution in [0.1, 0.15) is 12.5 Å². The predicted octanol–water partition coefficient (Wildman–Crippen LogP) is 3.26. The first-order chi connectivity index (χ1) is 6.00. The normalized spacial score (nSPS) is 10.2. The van der Waals surface area contributed by atoms with Crippen molar-refractivity contribution in [2.24, 2.45) is 0 Å². The van der Waals surface area contributed by atoms with Gasteiger partial charge in [-0.05, 0) is 24.6 Å². The summed E-state index contributed by atoms with van der Waals surface area (Å²) in [6, 6.07) is 2.49. The lowest BCUT2D eigenvalue weighted by Crippen LogP contribution is -1.98. The van der Waals surface area contributed by atoms with E-state index in [1.165, 1.54) is 19.1 Å². The van der Waals surface area contributed by atoms with Gasteiger partial charge in [-0.3, -0.25) is 4.79 Å². The summed E-state index contributed by atoms with van der Waals surface area (Å²) in [6.07, 6.45) is 0.132. The van der Waals surface area contributed by atoms with Crippen molar-refractivity contribution in [3.05, 3.63) is 33.6 Å². The molecule has 0 spiro atoms. The van der Waals surface area contributed by atoms with Gasteiger partial charge in [0.15, 0.2) is 0 Å². The molecule has 1 nitrogen and oxygen atoms in total. The van der Waals surface area contributed by atoms with E-state index in [0.29, 0.717) is 10.6 Å². The molecule has 1 aromatic carbocycles. The molecule has 0 amide bonds. The SMILES string of the molecule is CC(=O)Cc1cc(F)c(Cl)cc1Cl. The molecule has 4 heteroatoms. The van der Waals surface area contributed by atoms with E-state index in [0.717, 1.165) is 0 Å². The highest BCUT2D eigenvalue weighted by molar-refractivity contribution is 6.35. The minimum absolute atomic E-state index is 0.0303. The Morgan fingerprint density at radius 1 is 1.38 bits per heavy atom. The zero-order chi connectivity index (χ0) is 10.0. The third kappa shape index (κ3) is 2.68. The number of carbonyl (C=O) groups excluding carboxylic acids is 1. The average Bonchev–Trinajstić information content (AvgIpc) is 1.99. The van der Waals surface area contributed by atoms with Crippen molar-refractivity contribution in [2.45, 2.75) is 13.3 Å². The minimum atomic E-state index is -0.553. The van der Waals surface area contributed by atoms with Crippen LogP contribution in [0.15, 0.2) is 12.1 Å². The fourth-order valence-corrected chi connectivity index (χ4v) is 1.42. The monoisotopic (exact) mass is 220 g/mol. The van der Waals surface area contributed by atoms with Gasteiger partial charge in [0.25, 0.3) is 0 Å². The number of hydrogen-bond donors (Lipinski definition) is 0. The lowest BCUT2D eigenvalue weighted by molar-refractivity contribution is -0.116. The number of halogens is 3. The van der Waals surface area contributed by atoms with Crippen LogP contribution < -0.4 is 0 Å². The molecular weight excluding hydrogens is 214 g/mol. The Balaban J connectivity index is 3.08. The summed E-state index contributed by atoms with van der Waals surface area (Å²) in [7, 11) is 0. The molecule has 13 heavy (non-hydrogen) atoms. The Morgan fingerprint density at radius 2 is 2.00 bits per heavy atom. The maximum Gasteiger partial charge on any atom is 0.142 e. The van der Waals surface area contributed by atoms with Crippen LogP contribution in [0.3, 0.4) is 0 Å². The number of rotatable bonds is 2. The lowest BCUT2D eigenvalue weighted by Gasteiger charge is -2.02.